The Morgan fingerprint density at radius 3 is 2.75 bits per heavy atom. The molecule has 130 valence electrons. The van der Waals surface area contributed by atoms with Crippen molar-refractivity contribution in [2.24, 2.45) is 11.7 Å². The van der Waals surface area contributed by atoms with E-state index in [1.165, 1.54) is 0 Å². The van der Waals surface area contributed by atoms with E-state index >= 15 is 0 Å². The lowest BCUT2D eigenvalue weighted by atomic mass is 9.92. The van der Waals surface area contributed by atoms with Gasteiger partial charge in [0.05, 0.1) is 24.5 Å². The minimum atomic E-state index is -0.503. The van der Waals surface area contributed by atoms with Crippen molar-refractivity contribution in [2.45, 2.75) is 25.4 Å². The third-order valence-corrected chi connectivity index (χ3v) is 4.16. The lowest BCUT2D eigenvalue weighted by Gasteiger charge is -2.26. The van der Waals surface area contributed by atoms with Crippen molar-refractivity contribution in [1.82, 2.24) is 9.78 Å². The first kappa shape index (κ1) is 18.4. The van der Waals surface area contributed by atoms with Crippen LogP contribution in [0.25, 0.3) is 0 Å². The normalized spacial score (nSPS) is 16.2. The van der Waals surface area contributed by atoms with E-state index in [-0.39, 0.29) is 24.2 Å². The van der Waals surface area contributed by atoms with E-state index in [1.54, 1.807) is 10.9 Å². The molecule has 1 fully saturated rings. The number of anilines is 1. The Labute approximate surface area is 147 Å². The number of amides is 1. The second-order valence-electron chi connectivity index (χ2n) is 5.88. The summed E-state index contributed by atoms with van der Waals surface area (Å²) in [6, 6.07) is 9.55. The quantitative estimate of drug-likeness (QED) is 0.864. The Morgan fingerprint density at radius 1 is 1.33 bits per heavy atom. The molecule has 0 aliphatic carbocycles. The summed E-state index contributed by atoms with van der Waals surface area (Å²) >= 11 is 0. The minimum absolute atomic E-state index is 0. The molecule has 2 aromatic rings. The van der Waals surface area contributed by atoms with Crippen LogP contribution >= 0.6 is 12.4 Å². The van der Waals surface area contributed by atoms with Gasteiger partial charge < -0.3 is 15.8 Å². The highest BCUT2D eigenvalue weighted by Gasteiger charge is 2.26. The van der Waals surface area contributed by atoms with Crippen LogP contribution in [0.2, 0.25) is 0 Å². The number of nitrogens with one attached hydrogen (secondary N) is 1. The summed E-state index contributed by atoms with van der Waals surface area (Å²) in [4.78, 5) is 12.3. The van der Waals surface area contributed by atoms with Gasteiger partial charge in [0.1, 0.15) is 0 Å². The highest BCUT2D eigenvalue weighted by atomic mass is 35.5. The third-order valence-electron chi connectivity index (χ3n) is 4.16. The van der Waals surface area contributed by atoms with Crippen molar-refractivity contribution >= 4 is 24.0 Å². The van der Waals surface area contributed by atoms with Crippen LogP contribution in [-0.2, 0) is 16.1 Å². The maximum atomic E-state index is 12.3. The van der Waals surface area contributed by atoms with E-state index in [2.05, 4.69) is 10.4 Å². The monoisotopic (exact) mass is 350 g/mol. The lowest BCUT2D eigenvalue weighted by molar-refractivity contribution is -0.119. The molecule has 1 atom stereocenters. The molecule has 24 heavy (non-hydrogen) atoms. The molecule has 1 amide bonds. The van der Waals surface area contributed by atoms with Crippen LogP contribution in [0.5, 0.6) is 0 Å². The zero-order valence-electron chi connectivity index (χ0n) is 13.4. The molecule has 0 bridgehead atoms. The number of ether oxygens (including phenoxy) is 1. The Bertz CT molecular complexity index is 641. The van der Waals surface area contributed by atoms with Crippen LogP contribution in [0.1, 0.15) is 18.4 Å². The molecule has 1 saturated heterocycles. The van der Waals surface area contributed by atoms with Gasteiger partial charge in [0.2, 0.25) is 5.91 Å². The average Bonchev–Trinajstić information content (AvgIpc) is 3.02. The predicted octanol–water partition coefficient (Wildman–Crippen LogP) is 2.05. The molecule has 1 aliphatic rings. The van der Waals surface area contributed by atoms with Crippen LogP contribution in [0, 0.1) is 5.92 Å². The summed E-state index contributed by atoms with van der Waals surface area (Å²) < 4.78 is 7.10. The fourth-order valence-corrected chi connectivity index (χ4v) is 2.80. The molecule has 2 heterocycles. The molecule has 1 aromatic heterocycles. The van der Waals surface area contributed by atoms with Gasteiger partial charge in [-0.1, -0.05) is 30.3 Å². The van der Waals surface area contributed by atoms with Gasteiger partial charge in [-0.2, -0.15) is 5.10 Å². The van der Waals surface area contributed by atoms with Crippen molar-refractivity contribution in [1.29, 1.82) is 0 Å². The number of hydrogen-bond acceptors (Lipinski definition) is 4. The fraction of sp³-hybridized carbons (Fsp3) is 0.412. The summed E-state index contributed by atoms with van der Waals surface area (Å²) in [5, 5.41) is 7.13. The molecule has 0 saturated carbocycles. The summed E-state index contributed by atoms with van der Waals surface area (Å²) in [6.45, 7) is 2.03. The van der Waals surface area contributed by atoms with Gasteiger partial charge in [-0.05, 0) is 24.3 Å². The van der Waals surface area contributed by atoms with Gasteiger partial charge in [0.25, 0.3) is 0 Å². The largest absolute Gasteiger partial charge is 0.381 e. The Hall–Kier alpha value is -1.89. The van der Waals surface area contributed by atoms with E-state index in [0.29, 0.717) is 25.4 Å². The lowest BCUT2D eigenvalue weighted by Crippen LogP contribution is -2.43. The molecule has 1 aliphatic heterocycles. The Kier molecular flexibility index (Phi) is 6.78. The summed E-state index contributed by atoms with van der Waals surface area (Å²) in [7, 11) is 0. The fourth-order valence-electron chi connectivity index (χ4n) is 2.80. The number of aromatic nitrogens is 2. The van der Waals surface area contributed by atoms with Crippen molar-refractivity contribution in [3.8, 4) is 0 Å². The third kappa shape index (κ3) is 4.80. The minimum Gasteiger partial charge on any atom is -0.381 e. The van der Waals surface area contributed by atoms with E-state index in [4.69, 9.17) is 10.5 Å². The summed E-state index contributed by atoms with van der Waals surface area (Å²) in [6.07, 6.45) is 5.14. The Morgan fingerprint density at radius 2 is 2.04 bits per heavy atom. The van der Waals surface area contributed by atoms with E-state index in [9.17, 15) is 4.79 Å². The molecule has 6 nitrogen and oxygen atoms in total. The SMILES string of the molecule is Cl.NC(C(=O)Nc1cnn(Cc2ccccc2)c1)C1CCOCC1. The van der Waals surface area contributed by atoms with Gasteiger partial charge in [0.15, 0.2) is 0 Å². The molecule has 1 aromatic carbocycles. The summed E-state index contributed by atoms with van der Waals surface area (Å²) in [5.41, 5.74) is 7.91. The van der Waals surface area contributed by atoms with Gasteiger partial charge in [-0.3, -0.25) is 9.48 Å². The second kappa shape index (κ2) is 8.82. The van der Waals surface area contributed by atoms with E-state index < -0.39 is 6.04 Å². The highest BCUT2D eigenvalue weighted by Crippen LogP contribution is 2.19. The number of carbonyl (C=O) groups excluding carboxylic acids is 1. The van der Waals surface area contributed by atoms with Gasteiger partial charge >= 0.3 is 0 Å². The molecule has 0 spiro atoms. The number of nitrogens with zero attached hydrogens (tertiary/aromatic N) is 2. The number of halogens is 1. The summed E-state index contributed by atoms with van der Waals surface area (Å²) in [5.74, 6) is 0.0271. The van der Waals surface area contributed by atoms with Gasteiger partial charge in [-0.25, -0.2) is 0 Å². The standard InChI is InChI=1S/C17H22N4O2.ClH/c18-16(14-6-8-23-9-7-14)17(22)20-15-10-19-21(12-15)11-13-4-2-1-3-5-13;/h1-5,10,12,14,16H,6-9,11,18H2,(H,20,22);1H. The van der Waals surface area contributed by atoms with Crippen LogP contribution in [0.15, 0.2) is 42.7 Å². The van der Waals surface area contributed by atoms with Gasteiger partial charge in [0, 0.05) is 19.4 Å². The van der Waals surface area contributed by atoms with E-state index in [1.807, 2.05) is 36.5 Å². The van der Waals surface area contributed by atoms with E-state index in [0.717, 1.165) is 18.4 Å². The van der Waals surface area contributed by atoms with Crippen LogP contribution in [0.3, 0.4) is 0 Å². The topological polar surface area (TPSA) is 82.2 Å². The molecule has 1 unspecified atom stereocenters. The first-order valence-electron chi connectivity index (χ1n) is 7.93. The Balaban J connectivity index is 0.00000208. The molecule has 3 N–H and O–H groups in total. The first-order valence-corrected chi connectivity index (χ1v) is 7.93. The van der Waals surface area contributed by atoms with Crippen molar-refractivity contribution in [3.63, 3.8) is 0 Å². The van der Waals surface area contributed by atoms with Crippen molar-refractivity contribution in [3.05, 3.63) is 48.3 Å². The average molecular weight is 351 g/mol. The maximum absolute atomic E-state index is 12.3. The number of carbonyl (C=O) groups is 1. The predicted molar refractivity (Wildman–Crippen MR) is 95.2 cm³/mol. The van der Waals surface area contributed by atoms with Crippen molar-refractivity contribution < 1.29 is 9.53 Å². The zero-order valence-corrected chi connectivity index (χ0v) is 14.2. The molecular weight excluding hydrogens is 328 g/mol. The zero-order chi connectivity index (χ0) is 16.1. The molecular formula is C17H23ClN4O2. The van der Waals surface area contributed by atoms with Crippen LogP contribution in [-0.4, -0.2) is 34.9 Å². The maximum Gasteiger partial charge on any atom is 0.241 e. The number of rotatable bonds is 5. The first-order chi connectivity index (χ1) is 11.2. The molecule has 3 rings (SSSR count). The van der Waals surface area contributed by atoms with Gasteiger partial charge in [-0.15, -0.1) is 12.4 Å². The van der Waals surface area contributed by atoms with Crippen molar-refractivity contribution in [2.75, 3.05) is 18.5 Å². The number of benzene rings is 1. The highest BCUT2D eigenvalue weighted by molar-refractivity contribution is 5.94. The van der Waals surface area contributed by atoms with Crippen LogP contribution < -0.4 is 11.1 Å². The number of nitrogens with two attached hydrogens (primary N) is 1. The molecule has 0 radical (unpaired) electrons. The molecule has 7 heteroatoms. The van der Waals surface area contributed by atoms with Crippen LogP contribution in [0.4, 0.5) is 5.69 Å². The number of hydrogen-bond donors (Lipinski definition) is 2. The smallest absolute Gasteiger partial charge is 0.241 e. The second-order valence-corrected chi connectivity index (χ2v) is 5.88.